The normalized spacial score (nSPS) is 15.5. The van der Waals surface area contributed by atoms with Crippen molar-refractivity contribution in [2.45, 2.75) is 52.2 Å². The fourth-order valence-electron chi connectivity index (χ4n) is 4.11. The Balaban J connectivity index is 1.67. The summed E-state index contributed by atoms with van der Waals surface area (Å²) in [6.45, 7) is 5.61. The van der Waals surface area contributed by atoms with Crippen molar-refractivity contribution < 1.29 is 9.53 Å². The van der Waals surface area contributed by atoms with E-state index in [0.717, 1.165) is 51.8 Å². The average Bonchev–Trinajstić information content (AvgIpc) is 3.23. The molecule has 0 saturated heterocycles. The lowest BCUT2D eigenvalue weighted by atomic mass is 9.85. The largest absolute Gasteiger partial charge is 0.489 e. The molecule has 0 spiro atoms. The molecule has 1 amide bonds. The zero-order chi connectivity index (χ0) is 22.0. The lowest BCUT2D eigenvalue weighted by Crippen LogP contribution is -2.29. The number of carbonyl (C=O) groups excluding carboxylic acids is 1. The van der Waals surface area contributed by atoms with Gasteiger partial charge in [0.05, 0.1) is 17.8 Å². The van der Waals surface area contributed by atoms with Crippen LogP contribution in [-0.4, -0.2) is 29.3 Å². The molecular weight excluding hydrogens is 408 g/mol. The van der Waals surface area contributed by atoms with Crippen molar-refractivity contribution >= 4 is 22.9 Å². The molecule has 3 aromatic rings. The first kappa shape index (κ1) is 21.3. The molecule has 0 saturated carbocycles. The van der Waals surface area contributed by atoms with Crippen molar-refractivity contribution in [3.63, 3.8) is 0 Å². The van der Waals surface area contributed by atoms with Gasteiger partial charge < -0.3 is 15.4 Å². The predicted octanol–water partition coefficient (Wildman–Crippen LogP) is 5.21. The molecule has 0 fully saturated rings. The van der Waals surface area contributed by atoms with E-state index in [4.69, 9.17) is 4.74 Å². The van der Waals surface area contributed by atoms with Crippen molar-refractivity contribution in [2.24, 2.45) is 0 Å². The molecule has 0 bridgehead atoms. The molecule has 1 aliphatic rings. The molecule has 0 unspecified atom stereocenters. The molecule has 1 heterocycles. The second-order valence-corrected chi connectivity index (χ2v) is 9.04. The summed E-state index contributed by atoms with van der Waals surface area (Å²) in [5.41, 5.74) is 5.52. The Morgan fingerprint density at radius 3 is 2.74 bits per heavy atom. The maximum Gasteiger partial charge on any atom is 0.217 e. The van der Waals surface area contributed by atoms with E-state index < -0.39 is 0 Å². The van der Waals surface area contributed by atoms with Crippen LogP contribution in [0.2, 0.25) is 0 Å². The van der Waals surface area contributed by atoms with E-state index in [1.807, 2.05) is 39.1 Å². The third kappa shape index (κ3) is 4.56. The van der Waals surface area contributed by atoms with Crippen LogP contribution in [0.5, 0.6) is 5.75 Å². The number of nitrogens with zero attached hydrogens (tertiary/aromatic N) is 2. The molecule has 31 heavy (non-hydrogen) atoms. The number of hydrogen-bond acceptors (Lipinski definition) is 6. The Morgan fingerprint density at radius 1 is 1.19 bits per heavy atom. The minimum atomic E-state index is 0.00619. The molecule has 162 valence electrons. The highest BCUT2D eigenvalue weighted by atomic mass is 32.1. The van der Waals surface area contributed by atoms with Crippen molar-refractivity contribution in [2.75, 3.05) is 12.4 Å². The van der Waals surface area contributed by atoms with Crippen LogP contribution in [0.1, 0.15) is 50.8 Å². The summed E-state index contributed by atoms with van der Waals surface area (Å²) in [6, 6.07) is 12.4. The van der Waals surface area contributed by atoms with E-state index in [1.54, 1.807) is 18.3 Å². The van der Waals surface area contributed by atoms with Crippen LogP contribution in [0.15, 0.2) is 36.4 Å². The molecule has 1 atom stereocenters. The Morgan fingerprint density at radius 2 is 2.00 bits per heavy atom. The topological polar surface area (TPSA) is 76.1 Å². The third-order valence-electron chi connectivity index (χ3n) is 5.40. The number of benzene rings is 2. The zero-order valence-corrected chi connectivity index (χ0v) is 19.2. The van der Waals surface area contributed by atoms with Crippen molar-refractivity contribution in [3.05, 3.63) is 47.5 Å². The van der Waals surface area contributed by atoms with Gasteiger partial charge in [0.1, 0.15) is 15.8 Å². The summed E-state index contributed by atoms with van der Waals surface area (Å²) in [5.74, 6) is 0.832. The summed E-state index contributed by atoms with van der Waals surface area (Å²) in [6.07, 6.45) is 3.11. The Bertz CT molecular complexity index is 1090. The van der Waals surface area contributed by atoms with Gasteiger partial charge in [0, 0.05) is 25.1 Å². The minimum absolute atomic E-state index is 0.00619. The summed E-state index contributed by atoms with van der Waals surface area (Å²) in [7, 11) is 1.89. The van der Waals surface area contributed by atoms with Crippen LogP contribution in [0, 0.1) is 0 Å². The van der Waals surface area contributed by atoms with Gasteiger partial charge in [-0.25, -0.2) is 0 Å². The van der Waals surface area contributed by atoms with Crippen molar-refractivity contribution in [3.8, 4) is 26.9 Å². The first-order valence-corrected chi connectivity index (χ1v) is 11.5. The van der Waals surface area contributed by atoms with Crippen molar-refractivity contribution in [1.29, 1.82) is 0 Å². The molecule has 2 aromatic carbocycles. The van der Waals surface area contributed by atoms with E-state index in [0.29, 0.717) is 0 Å². The number of ether oxygens (including phenoxy) is 1. The number of amides is 1. The van der Waals surface area contributed by atoms with Crippen LogP contribution in [0.3, 0.4) is 0 Å². The average molecular weight is 437 g/mol. The maximum absolute atomic E-state index is 11.6. The van der Waals surface area contributed by atoms with Gasteiger partial charge in [0.25, 0.3) is 0 Å². The first-order valence-electron chi connectivity index (χ1n) is 10.7. The fourth-order valence-corrected chi connectivity index (χ4v) is 5.00. The molecule has 1 aromatic heterocycles. The van der Waals surface area contributed by atoms with Crippen LogP contribution in [0.25, 0.3) is 21.1 Å². The summed E-state index contributed by atoms with van der Waals surface area (Å²) < 4.78 is 5.88. The molecular formula is C24H28N4O2S. The lowest BCUT2D eigenvalue weighted by Gasteiger charge is -2.27. The van der Waals surface area contributed by atoms with Crippen LogP contribution in [0.4, 0.5) is 5.69 Å². The van der Waals surface area contributed by atoms with Gasteiger partial charge in [-0.15, -0.1) is 10.2 Å². The smallest absolute Gasteiger partial charge is 0.217 e. The van der Waals surface area contributed by atoms with Gasteiger partial charge in [-0.05, 0) is 62.4 Å². The minimum Gasteiger partial charge on any atom is -0.489 e. The van der Waals surface area contributed by atoms with Crippen molar-refractivity contribution in [1.82, 2.24) is 15.5 Å². The van der Waals surface area contributed by atoms with E-state index >= 15 is 0 Å². The fraction of sp³-hybridized carbons (Fsp3) is 0.375. The number of fused-ring (bicyclic) bond motifs is 1. The lowest BCUT2D eigenvalue weighted by molar-refractivity contribution is -0.119. The number of hydrogen-bond donors (Lipinski definition) is 2. The Kier molecular flexibility index (Phi) is 6.23. The van der Waals surface area contributed by atoms with E-state index in [9.17, 15) is 4.79 Å². The second kappa shape index (κ2) is 9.06. The Labute approximate surface area is 187 Å². The quantitative estimate of drug-likeness (QED) is 0.554. The van der Waals surface area contributed by atoms with Gasteiger partial charge in [-0.2, -0.15) is 0 Å². The number of anilines is 1. The van der Waals surface area contributed by atoms with Crippen LogP contribution < -0.4 is 15.4 Å². The first-order chi connectivity index (χ1) is 15.0. The highest BCUT2D eigenvalue weighted by Gasteiger charge is 2.24. The maximum atomic E-state index is 11.6. The van der Waals surface area contributed by atoms with Gasteiger partial charge in [0.2, 0.25) is 5.91 Å². The predicted molar refractivity (Wildman–Crippen MR) is 126 cm³/mol. The van der Waals surface area contributed by atoms with Gasteiger partial charge in [-0.1, -0.05) is 29.5 Å². The standard InChI is InChI=1S/C24H28N4O2S/c1-14(2)30-22-12-11-16(13-21(22)25-4)23-27-28-24(31-23)19-9-5-8-18-17(19)7-6-10-20(18)26-15(3)29/h5,8-9,11-14,20,25H,6-7,10H2,1-4H3,(H,26,29)/t20-/m1/s1. The monoisotopic (exact) mass is 436 g/mol. The zero-order valence-electron chi connectivity index (χ0n) is 18.4. The second-order valence-electron chi connectivity index (χ2n) is 8.06. The molecule has 0 aliphatic heterocycles. The molecule has 6 nitrogen and oxygen atoms in total. The molecule has 1 aliphatic carbocycles. The SMILES string of the molecule is CNc1cc(-c2nnc(-c3cccc4c3CCC[C@H]4NC(C)=O)s2)ccc1OC(C)C. The highest BCUT2D eigenvalue weighted by molar-refractivity contribution is 7.17. The molecule has 4 rings (SSSR count). The number of rotatable bonds is 6. The van der Waals surface area contributed by atoms with E-state index in [2.05, 4.69) is 39.0 Å². The van der Waals surface area contributed by atoms with Crippen LogP contribution >= 0.6 is 11.3 Å². The molecule has 7 heteroatoms. The number of carbonyl (C=O) groups is 1. The highest BCUT2D eigenvalue weighted by Crippen LogP contribution is 2.39. The summed E-state index contributed by atoms with van der Waals surface area (Å²) in [4.78, 5) is 11.6. The molecule has 2 N–H and O–H groups in total. The van der Waals surface area contributed by atoms with Gasteiger partial charge in [0.15, 0.2) is 0 Å². The van der Waals surface area contributed by atoms with E-state index in [1.165, 1.54) is 11.1 Å². The Hall–Kier alpha value is -2.93. The molecule has 0 radical (unpaired) electrons. The number of aromatic nitrogens is 2. The van der Waals surface area contributed by atoms with E-state index in [-0.39, 0.29) is 18.1 Å². The van der Waals surface area contributed by atoms with Crippen LogP contribution in [-0.2, 0) is 11.2 Å². The van der Waals surface area contributed by atoms with Gasteiger partial charge in [-0.3, -0.25) is 4.79 Å². The summed E-state index contributed by atoms with van der Waals surface area (Å²) >= 11 is 1.59. The third-order valence-corrected chi connectivity index (χ3v) is 6.40. The van der Waals surface area contributed by atoms with Gasteiger partial charge >= 0.3 is 0 Å². The number of nitrogens with one attached hydrogen (secondary N) is 2. The summed E-state index contributed by atoms with van der Waals surface area (Å²) in [5, 5.41) is 17.1.